The Labute approximate surface area is 160 Å². The molecular formula is C19H20N6O3. The molecule has 0 aliphatic heterocycles. The average Bonchev–Trinajstić information content (AvgIpc) is 3.28. The van der Waals surface area contributed by atoms with E-state index in [2.05, 4.69) is 25.7 Å². The van der Waals surface area contributed by atoms with Gasteiger partial charge in [0.05, 0.1) is 18.5 Å². The molecule has 0 fully saturated rings. The van der Waals surface area contributed by atoms with E-state index in [1.165, 1.54) is 4.68 Å². The molecule has 0 atom stereocenters. The van der Waals surface area contributed by atoms with Crippen LogP contribution in [0.4, 0.5) is 16.3 Å². The summed E-state index contributed by atoms with van der Waals surface area (Å²) in [6.45, 7) is 1.80. The lowest BCUT2D eigenvalue weighted by molar-refractivity contribution is 0.262. The lowest BCUT2D eigenvalue weighted by atomic mass is 10.3. The van der Waals surface area contributed by atoms with E-state index < -0.39 is 6.03 Å². The highest BCUT2D eigenvalue weighted by atomic mass is 16.5. The van der Waals surface area contributed by atoms with Gasteiger partial charge < -0.3 is 10.1 Å². The fourth-order valence-electron chi connectivity index (χ4n) is 3.26. The smallest absolute Gasteiger partial charge is 0.324 e. The minimum Gasteiger partial charge on any atom is -0.497 e. The van der Waals surface area contributed by atoms with Crippen LogP contribution in [0.1, 0.15) is 23.4 Å². The van der Waals surface area contributed by atoms with E-state index in [1.54, 1.807) is 44.4 Å². The van der Waals surface area contributed by atoms with E-state index in [0.717, 1.165) is 30.5 Å². The molecule has 0 spiro atoms. The topological polar surface area (TPSA) is 114 Å². The highest BCUT2D eigenvalue weighted by Gasteiger charge is 2.20. The number of hydrogen-bond acceptors (Lipinski definition) is 5. The fraction of sp³-hybridized carbons (Fsp3) is 0.263. The van der Waals surface area contributed by atoms with Crippen molar-refractivity contribution in [3.63, 3.8) is 0 Å². The minimum absolute atomic E-state index is 0.155. The number of amides is 2. The lowest BCUT2D eigenvalue weighted by Crippen LogP contribution is -2.23. The van der Waals surface area contributed by atoms with Crippen molar-refractivity contribution in [2.45, 2.75) is 26.2 Å². The van der Waals surface area contributed by atoms with Gasteiger partial charge >= 0.3 is 6.03 Å². The number of anilines is 2. The number of nitrogens with zero attached hydrogens (tertiary/aromatic N) is 3. The first-order valence-electron chi connectivity index (χ1n) is 8.94. The third kappa shape index (κ3) is 3.46. The molecule has 1 aromatic carbocycles. The molecule has 2 heterocycles. The SMILES string of the molecule is COc1cccc(NC(=O)Nc2cc(C)nn2-c2nc3c(c(=O)[nH]2)CCC3)c1. The number of ether oxygens (including phenoxy) is 1. The van der Waals surface area contributed by atoms with Gasteiger partial charge in [0.25, 0.3) is 5.56 Å². The second kappa shape index (κ2) is 7.18. The second-order valence-electron chi connectivity index (χ2n) is 6.56. The van der Waals surface area contributed by atoms with Crippen molar-refractivity contribution < 1.29 is 9.53 Å². The van der Waals surface area contributed by atoms with Crippen LogP contribution in [0.2, 0.25) is 0 Å². The molecular weight excluding hydrogens is 360 g/mol. The van der Waals surface area contributed by atoms with Gasteiger partial charge in [-0.25, -0.2) is 9.78 Å². The zero-order valence-corrected chi connectivity index (χ0v) is 15.6. The van der Waals surface area contributed by atoms with Crippen LogP contribution in [-0.4, -0.2) is 32.9 Å². The van der Waals surface area contributed by atoms with Gasteiger partial charge in [0, 0.05) is 23.4 Å². The maximum absolute atomic E-state index is 12.4. The molecule has 9 heteroatoms. The fourth-order valence-corrected chi connectivity index (χ4v) is 3.26. The predicted molar refractivity (Wildman–Crippen MR) is 104 cm³/mol. The monoisotopic (exact) mass is 380 g/mol. The molecule has 3 N–H and O–H groups in total. The number of urea groups is 1. The first-order chi connectivity index (χ1) is 13.5. The van der Waals surface area contributed by atoms with E-state index in [0.29, 0.717) is 22.9 Å². The molecule has 0 saturated carbocycles. The third-order valence-corrected chi connectivity index (χ3v) is 4.53. The average molecular weight is 380 g/mol. The van der Waals surface area contributed by atoms with E-state index in [-0.39, 0.29) is 11.5 Å². The second-order valence-corrected chi connectivity index (χ2v) is 6.56. The molecule has 2 aromatic heterocycles. The first-order valence-corrected chi connectivity index (χ1v) is 8.94. The van der Waals surface area contributed by atoms with Crippen molar-refractivity contribution in [1.29, 1.82) is 0 Å². The summed E-state index contributed by atoms with van der Waals surface area (Å²) in [6.07, 6.45) is 2.43. The summed E-state index contributed by atoms with van der Waals surface area (Å²) in [5.74, 6) is 1.33. The Morgan fingerprint density at radius 3 is 2.93 bits per heavy atom. The zero-order valence-electron chi connectivity index (χ0n) is 15.6. The minimum atomic E-state index is -0.446. The molecule has 9 nitrogen and oxygen atoms in total. The largest absolute Gasteiger partial charge is 0.497 e. The number of fused-ring (bicyclic) bond motifs is 1. The number of aromatic nitrogens is 4. The maximum Gasteiger partial charge on any atom is 0.324 e. The summed E-state index contributed by atoms with van der Waals surface area (Å²) in [5, 5.41) is 9.85. The van der Waals surface area contributed by atoms with Gasteiger partial charge in [0.1, 0.15) is 11.6 Å². The van der Waals surface area contributed by atoms with Crippen LogP contribution in [0.3, 0.4) is 0 Å². The summed E-state index contributed by atoms with van der Waals surface area (Å²) in [7, 11) is 1.56. The van der Waals surface area contributed by atoms with Gasteiger partial charge in [-0.15, -0.1) is 0 Å². The number of aromatic amines is 1. The van der Waals surface area contributed by atoms with Crippen LogP contribution in [0.25, 0.3) is 5.95 Å². The van der Waals surface area contributed by atoms with Crippen LogP contribution in [-0.2, 0) is 12.8 Å². The molecule has 0 radical (unpaired) electrons. The van der Waals surface area contributed by atoms with E-state index in [9.17, 15) is 9.59 Å². The van der Waals surface area contributed by atoms with Gasteiger partial charge in [0.2, 0.25) is 5.95 Å². The Morgan fingerprint density at radius 1 is 1.25 bits per heavy atom. The molecule has 28 heavy (non-hydrogen) atoms. The van der Waals surface area contributed by atoms with Crippen LogP contribution < -0.4 is 20.9 Å². The summed E-state index contributed by atoms with van der Waals surface area (Å²) in [6, 6.07) is 8.29. The maximum atomic E-state index is 12.4. The summed E-state index contributed by atoms with van der Waals surface area (Å²) in [5.41, 5.74) is 2.64. The Morgan fingerprint density at radius 2 is 2.11 bits per heavy atom. The van der Waals surface area contributed by atoms with Crippen LogP contribution in [0.5, 0.6) is 5.75 Å². The highest BCUT2D eigenvalue weighted by Crippen LogP contribution is 2.20. The molecule has 1 aliphatic carbocycles. The molecule has 3 aromatic rings. The van der Waals surface area contributed by atoms with Gasteiger partial charge in [-0.1, -0.05) is 6.07 Å². The molecule has 2 amide bonds. The van der Waals surface area contributed by atoms with Gasteiger partial charge in [-0.05, 0) is 38.3 Å². The predicted octanol–water partition coefficient (Wildman–Crippen LogP) is 2.41. The number of nitrogens with one attached hydrogen (secondary N) is 3. The van der Waals surface area contributed by atoms with E-state index >= 15 is 0 Å². The van der Waals surface area contributed by atoms with Gasteiger partial charge in [0.15, 0.2) is 0 Å². The standard InChI is InChI=1S/C19H20N6O3/c1-11-9-16(22-19(27)20-12-5-3-6-13(10-12)28-2)25(24-11)18-21-15-8-4-7-14(15)17(26)23-18/h3,5-6,9-10H,4,7-8H2,1-2H3,(H2,20,22,27)(H,21,23,26). The Balaban J connectivity index is 1.59. The van der Waals surface area contributed by atoms with Crippen LogP contribution in [0.15, 0.2) is 35.1 Å². The number of H-pyrrole nitrogens is 1. The van der Waals surface area contributed by atoms with Crippen molar-refractivity contribution in [1.82, 2.24) is 19.7 Å². The molecule has 4 rings (SSSR count). The number of aryl methyl sites for hydroxylation is 2. The normalized spacial score (nSPS) is 12.5. The molecule has 0 unspecified atom stereocenters. The van der Waals surface area contributed by atoms with Gasteiger partial charge in [-0.2, -0.15) is 9.78 Å². The van der Waals surface area contributed by atoms with E-state index in [1.807, 2.05) is 0 Å². The number of carbonyl (C=O) groups excluding carboxylic acids is 1. The van der Waals surface area contributed by atoms with Crippen LogP contribution in [0, 0.1) is 6.92 Å². The number of methoxy groups -OCH3 is 1. The number of carbonyl (C=O) groups is 1. The number of benzene rings is 1. The Bertz CT molecular complexity index is 1100. The molecule has 1 aliphatic rings. The molecule has 144 valence electrons. The highest BCUT2D eigenvalue weighted by molar-refractivity contribution is 5.99. The third-order valence-electron chi connectivity index (χ3n) is 4.53. The van der Waals surface area contributed by atoms with Crippen molar-refractivity contribution in [3.05, 3.63) is 57.6 Å². The molecule has 0 bridgehead atoms. The summed E-state index contributed by atoms with van der Waals surface area (Å²) >= 11 is 0. The van der Waals surface area contributed by atoms with Crippen molar-refractivity contribution in [3.8, 4) is 11.7 Å². The summed E-state index contributed by atoms with van der Waals surface area (Å²) < 4.78 is 6.59. The quantitative estimate of drug-likeness (QED) is 0.643. The van der Waals surface area contributed by atoms with Crippen molar-refractivity contribution in [2.75, 3.05) is 17.7 Å². The van der Waals surface area contributed by atoms with Crippen molar-refractivity contribution in [2.24, 2.45) is 0 Å². The first kappa shape index (κ1) is 17.8. The Hall–Kier alpha value is -3.62. The van der Waals surface area contributed by atoms with Gasteiger partial charge in [-0.3, -0.25) is 15.1 Å². The van der Waals surface area contributed by atoms with E-state index in [4.69, 9.17) is 4.74 Å². The lowest BCUT2D eigenvalue weighted by Gasteiger charge is -2.11. The summed E-state index contributed by atoms with van der Waals surface area (Å²) in [4.78, 5) is 32.0. The number of hydrogen-bond donors (Lipinski definition) is 3. The Kier molecular flexibility index (Phi) is 4.56. The van der Waals surface area contributed by atoms with Crippen LogP contribution >= 0.6 is 0 Å². The number of rotatable bonds is 4. The molecule has 0 saturated heterocycles. The zero-order chi connectivity index (χ0) is 19.7. The van der Waals surface area contributed by atoms with Crippen molar-refractivity contribution >= 4 is 17.5 Å².